The molecule has 1 heterocycles. The number of benzene rings is 1. The Bertz CT molecular complexity index is 593. The van der Waals surface area contributed by atoms with Crippen LogP contribution in [0.25, 0.3) is 0 Å². The summed E-state index contributed by atoms with van der Waals surface area (Å²) in [6.07, 6.45) is 1.67. The quantitative estimate of drug-likeness (QED) is 0.919. The Labute approximate surface area is 129 Å². The van der Waals surface area contributed by atoms with Crippen molar-refractivity contribution in [2.24, 2.45) is 18.7 Å². The average Bonchev–Trinajstić information content (AvgIpc) is 2.66. The van der Waals surface area contributed by atoms with Gasteiger partial charge in [-0.05, 0) is 43.9 Å². The highest BCUT2D eigenvalue weighted by atomic mass is 35.5. The van der Waals surface area contributed by atoms with E-state index in [1.165, 1.54) is 0 Å². The van der Waals surface area contributed by atoms with Crippen LogP contribution in [0, 0.1) is 12.8 Å². The summed E-state index contributed by atoms with van der Waals surface area (Å²) >= 11 is 12.5. The first-order chi connectivity index (χ1) is 9.52. The minimum absolute atomic E-state index is 0.301. The molecule has 0 aliphatic rings. The van der Waals surface area contributed by atoms with Crippen LogP contribution in [-0.2, 0) is 19.9 Å². The monoisotopic (exact) mass is 311 g/mol. The molecule has 2 N–H and O–H groups in total. The predicted molar refractivity (Wildman–Crippen MR) is 84.4 cm³/mol. The van der Waals surface area contributed by atoms with Crippen LogP contribution in [0.4, 0.5) is 0 Å². The largest absolute Gasteiger partial charge is 0.330 e. The summed E-state index contributed by atoms with van der Waals surface area (Å²) in [5.41, 5.74) is 9.09. The molecule has 0 aliphatic heterocycles. The zero-order valence-electron chi connectivity index (χ0n) is 11.7. The number of aromatic nitrogens is 2. The van der Waals surface area contributed by atoms with E-state index in [1.54, 1.807) is 4.68 Å². The lowest BCUT2D eigenvalue weighted by molar-refractivity contribution is 0.532. The second-order valence-electron chi connectivity index (χ2n) is 5.08. The van der Waals surface area contributed by atoms with Crippen LogP contribution in [0.5, 0.6) is 0 Å². The third-order valence-electron chi connectivity index (χ3n) is 3.56. The van der Waals surface area contributed by atoms with Crippen molar-refractivity contribution < 1.29 is 0 Å². The highest BCUT2D eigenvalue weighted by Crippen LogP contribution is 2.25. The van der Waals surface area contributed by atoms with Crippen molar-refractivity contribution in [1.29, 1.82) is 0 Å². The normalized spacial score (nSPS) is 12.7. The van der Waals surface area contributed by atoms with Crippen molar-refractivity contribution in [2.75, 3.05) is 6.54 Å². The highest BCUT2D eigenvalue weighted by molar-refractivity contribution is 6.31. The van der Waals surface area contributed by atoms with E-state index < -0.39 is 0 Å². The molecule has 20 heavy (non-hydrogen) atoms. The summed E-state index contributed by atoms with van der Waals surface area (Å²) in [6, 6.07) is 7.89. The van der Waals surface area contributed by atoms with Crippen molar-refractivity contribution in [1.82, 2.24) is 9.78 Å². The Morgan fingerprint density at radius 3 is 2.50 bits per heavy atom. The third-order valence-corrected chi connectivity index (χ3v) is 4.40. The molecule has 0 aliphatic carbocycles. The molecule has 0 saturated carbocycles. The van der Waals surface area contributed by atoms with Crippen molar-refractivity contribution in [3.8, 4) is 0 Å². The van der Waals surface area contributed by atoms with E-state index in [0.29, 0.717) is 17.6 Å². The molecular weight excluding hydrogens is 293 g/mol. The highest BCUT2D eigenvalue weighted by Gasteiger charge is 2.17. The number of rotatable bonds is 5. The molecule has 0 radical (unpaired) electrons. The Balaban J connectivity index is 2.15. The third kappa shape index (κ3) is 3.35. The molecule has 0 amide bonds. The van der Waals surface area contributed by atoms with Crippen LogP contribution in [-0.4, -0.2) is 16.3 Å². The van der Waals surface area contributed by atoms with Crippen LogP contribution < -0.4 is 5.73 Å². The van der Waals surface area contributed by atoms with Gasteiger partial charge in [0.05, 0.1) is 5.69 Å². The summed E-state index contributed by atoms with van der Waals surface area (Å²) in [6.45, 7) is 2.57. The first kappa shape index (κ1) is 15.4. The lowest BCUT2D eigenvalue weighted by Crippen LogP contribution is -2.20. The second-order valence-corrected chi connectivity index (χ2v) is 5.84. The standard InChI is InChI=1S/C15H19Cl2N3/c1-10-13(15(17)20(2)19-10)8-11(9-18)7-12-5-3-4-6-14(12)16/h3-6,11H,7-9,18H2,1-2H3. The summed E-state index contributed by atoms with van der Waals surface area (Å²) in [7, 11) is 1.85. The average molecular weight is 312 g/mol. The maximum absolute atomic E-state index is 6.28. The van der Waals surface area contributed by atoms with Gasteiger partial charge in [0.1, 0.15) is 5.15 Å². The van der Waals surface area contributed by atoms with Gasteiger partial charge in [-0.3, -0.25) is 4.68 Å². The summed E-state index contributed by atoms with van der Waals surface area (Å²) in [5.74, 6) is 0.301. The SMILES string of the molecule is Cc1nn(C)c(Cl)c1CC(CN)Cc1ccccc1Cl. The lowest BCUT2D eigenvalue weighted by atomic mass is 9.93. The van der Waals surface area contributed by atoms with Gasteiger partial charge in [0.25, 0.3) is 0 Å². The molecule has 1 aromatic carbocycles. The van der Waals surface area contributed by atoms with E-state index in [9.17, 15) is 0 Å². The lowest BCUT2D eigenvalue weighted by Gasteiger charge is -2.15. The van der Waals surface area contributed by atoms with Gasteiger partial charge in [0, 0.05) is 17.6 Å². The van der Waals surface area contributed by atoms with Crippen molar-refractivity contribution >= 4 is 23.2 Å². The fourth-order valence-corrected chi connectivity index (χ4v) is 2.87. The number of nitrogens with zero attached hydrogens (tertiary/aromatic N) is 2. The second kappa shape index (κ2) is 6.61. The molecule has 0 fully saturated rings. The minimum atomic E-state index is 0.301. The molecule has 0 bridgehead atoms. The Morgan fingerprint density at radius 2 is 1.95 bits per heavy atom. The zero-order chi connectivity index (χ0) is 14.7. The van der Waals surface area contributed by atoms with Crippen molar-refractivity contribution in [2.45, 2.75) is 19.8 Å². The number of halogens is 2. The topological polar surface area (TPSA) is 43.8 Å². The molecular formula is C15H19Cl2N3. The number of nitrogens with two attached hydrogens (primary N) is 1. The molecule has 0 saturated heterocycles. The van der Waals surface area contributed by atoms with Crippen LogP contribution in [0.3, 0.4) is 0 Å². The Morgan fingerprint density at radius 1 is 1.25 bits per heavy atom. The van der Waals surface area contributed by atoms with Crippen LogP contribution in [0.15, 0.2) is 24.3 Å². The van der Waals surface area contributed by atoms with Gasteiger partial charge in [-0.1, -0.05) is 41.4 Å². The predicted octanol–water partition coefficient (Wildman–Crippen LogP) is 3.40. The molecule has 0 spiro atoms. The van der Waals surface area contributed by atoms with E-state index in [4.69, 9.17) is 28.9 Å². The van der Waals surface area contributed by atoms with Gasteiger partial charge < -0.3 is 5.73 Å². The van der Waals surface area contributed by atoms with Gasteiger partial charge >= 0.3 is 0 Å². The minimum Gasteiger partial charge on any atom is -0.330 e. The van der Waals surface area contributed by atoms with E-state index in [0.717, 1.165) is 34.7 Å². The fourth-order valence-electron chi connectivity index (χ4n) is 2.41. The van der Waals surface area contributed by atoms with Crippen LogP contribution in [0.2, 0.25) is 10.2 Å². The molecule has 1 unspecified atom stereocenters. The van der Waals surface area contributed by atoms with Gasteiger partial charge in [0.15, 0.2) is 0 Å². The molecule has 1 atom stereocenters. The Kier molecular flexibility index (Phi) is 5.08. The van der Waals surface area contributed by atoms with E-state index in [-0.39, 0.29) is 0 Å². The van der Waals surface area contributed by atoms with Gasteiger partial charge in [0.2, 0.25) is 0 Å². The van der Waals surface area contributed by atoms with Crippen LogP contribution in [0.1, 0.15) is 16.8 Å². The van der Waals surface area contributed by atoms with Gasteiger partial charge in [-0.25, -0.2) is 0 Å². The first-order valence-electron chi connectivity index (χ1n) is 6.64. The summed E-state index contributed by atoms with van der Waals surface area (Å²) in [5, 5.41) is 5.83. The number of aryl methyl sites for hydroxylation is 2. The Hall–Kier alpha value is -1.03. The summed E-state index contributed by atoms with van der Waals surface area (Å²) < 4.78 is 1.70. The van der Waals surface area contributed by atoms with Crippen molar-refractivity contribution in [3.05, 3.63) is 51.3 Å². The van der Waals surface area contributed by atoms with Crippen molar-refractivity contribution in [3.63, 3.8) is 0 Å². The maximum atomic E-state index is 6.28. The van der Waals surface area contributed by atoms with Crippen LogP contribution >= 0.6 is 23.2 Å². The fraction of sp³-hybridized carbons (Fsp3) is 0.400. The molecule has 3 nitrogen and oxygen atoms in total. The van der Waals surface area contributed by atoms with Gasteiger partial charge in [-0.15, -0.1) is 0 Å². The van der Waals surface area contributed by atoms with E-state index >= 15 is 0 Å². The summed E-state index contributed by atoms with van der Waals surface area (Å²) in [4.78, 5) is 0. The number of hydrogen-bond acceptors (Lipinski definition) is 2. The van der Waals surface area contributed by atoms with Gasteiger partial charge in [-0.2, -0.15) is 5.10 Å². The molecule has 108 valence electrons. The maximum Gasteiger partial charge on any atom is 0.130 e. The first-order valence-corrected chi connectivity index (χ1v) is 7.40. The zero-order valence-corrected chi connectivity index (χ0v) is 13.2. The molecule has 2 rings (SSSR count). The molecule has 5 heteroatoms. The van der Waals surface area contributed by atoms with E-state index in [2.05, 4.69) is 5.10 Å². The number of hydrogen-bond donors (Lipinski definition) is 1. The molecule has 2 aromatic rings. The smallest absolute Gasteiger partial charge is 0.130 e. The molecule has 1 aromatic heterocycles. The van der Waals surface area contributed by atoms with E-state index in [1.807, 2.05) is 38.2 Å².